The Hall–Kier alpha value is -1.47. The number of halogens is 1. The highest BCUT2D eigenvalue weighted by molar-refractivity contribution is 7.89. The largest absolute Gasteiger partial charge is 0.459 e. The summed E-state index contributed by atoms with van der Waals surface area (Å²) in [5.74, 6) is -1.51. The van der Waals surface area contributed by atoms with Crippen molar-refractivity contribution in [2.24, 2.45) is 11.1 Å². The van der Waals surface area contributed by atoms with Crippen molar-refractivity contribution in [3.63, 3.8) is 0 Å². The van der Waals surface area contributed by atoms with Gasteiger partial charge in [0.25, 0.3) is 0 Å². The van der Waals surface area contributed by atoms with Gasteiger partial charge in [-0.05, 0) is 31.9 Å². The number of benzene rings is 1. The van der Waals surface area contributed by atoms with Gasteiger partial charge < -0.3 is 4.74 Å². The van der Waals surface area contributed by atoms with Crippen molar-refractivity contribution in [2.75, 3.05) is 0 Å². The summed E-state index contributed by atoms with van der Waals surface area (Å²) in [5, 5.41) is 5.00. The summed E-state index contributed by atoms with van der Waals surface area (Å²) >= 11 is 0. The van der Waals surface area contributed by atoms with Crippen LogP contribution in [0, 0.1) is 18.7 Å². The van der Waals surface area contributed by atoms with Crippen LogP contribution in [0.3, 0.4) is 0 Å². The standard InChI is InChI=1S/C13H18FNO4S/c1-7(2)9(4)19-13(16)10-5-11(14)8(3)12(6-10)20(15,17)18/h5-7,9H,1-4H3,(H2,15,17,18). The minimum absolute atomic E-state index is 0.0898. The molecule has 0 fully saturated rings. The predicted molar refractivity (Wildman–Crippen MR) is 72.2 cm³/mol. The number of hydrogen-bond donors (Lipinski definition) is 1. The van der Waals surface area contributed by atoms with Crippen LogP contribution in [0.25, 0.3) is 0 Å². The highest BCUT2D eigenvalue weighted by atomic mass is 32.2. The first-order valence-corrected chi connectivity index (χ1v) is 7.62. The Morgan fingerprint density at radius 3 is 2.30 bits per heavy atom. The quantitative estimate of drug-likeness (QED) is 0.862. The average Bonchev–Trinajstić information content (AvgIpc) is 2.30. The third-order valence-corrected chi connectivity index (χ3v) is 4.11. The SMILES string of the molecule is Cc1c(F)cc(C(=O)OC(C)C(C)C)cc1S(N)(=O)=O. The molecule has 0 saturated heterocycles. The lowest BCUT2D eigenvalue weighted by atomic mass is 10.1. The first-order valence-electron chi connectivity index (χ1n) is 6.08. The summed E-state index contributed by atoms with van der Waals surface area (Å²) in [5.41, 5.74) is -0.300. The van der Waals surface area contributed by atoms with Gasteiger partial charge in [0, 0.05) is 5.56 Å². The van der Waals surface area contributed by atoms with Crippen molar-refractivity contribution >= 4 is 16.0 Å². The minimum Gasteiger partial charge on any atom is -0.459 e. The second kappa shape index (κ2) is 5.88. The predicted octanol–water partition coefficient (Wildman–Crippen LogP) is 1.98. The summed E-state index contributed by atoms with van der Waals surface area (Å²) in [6, 6.07) is 1.97. The lowest BCUT2D eigenvalue weighted by Crippen LogP contribution is -2.21. The normalized spacial score (nSPS) is 13.3. The van der Waals surface area contributed by atoms with Crippen molar-refractivity contribution in [3.8, 4) is 0 Å². The maximum atomic E-state index is 13.7. The van der Waals surface area contributed by atoms with E-state index in [1.807, 2.05) is 13.8 Å². The van der Waals surface area contributed by atoms with Crippen molar-refractivity contribution in [3.05, 3.63) is 29.1 Å². The molecule has 0 amide bonds. The molecule has 20 heavy (non-hydrogen) atoms. The Morgan fingerprint density at radius 2 is 1.85 bits per heavy atom. The number of hydrogen-bond acceptors (Lipinski definition) is 4. The zero-order chi connectivity index (χ0) is 15.7. The van der Waals surface area contributed by atoms with E-state index in [-0.39, 0.29) is 23.1 Å². The molecule has 0 aliphatic carbocycles. The smallest absolute Gasteiger partial charge is 0.338 e. The highest BCUT2D eigenvalue weighted by Crippen LogP contribution is 2.21. The molecule has 0 aliphatic rings. The van der Waals surface area contributed by atoms with Gasteiger partial charge in [-0.2, -0.15) is 0 Å². The molecular formula is C13H18FNO4S. The maximum absolute atomic E-state index is 13.7. The summed E-state index contributed by atoms with van der Waals surface area (Å²) in [4.78, 5) is 11.5. The fraction of sp³-hybridized carbons (Fsp3) is 0.462. The van der Waals surface area contributed by atoms with Gasteiger partial charge >= 0.3 is 5.97 Å². The number of sulfonamides is 1. The van der Waals surface area contributed by atoms with Crippen molar-refractivity contribution in [1.29, 1.82) is 0 Å². The molecule has 2 N–H and O–H groups in total. The fourth-order valence-electron chi connectivity index (χ4n) is 1.44. The molecule has 0 bridgehead atoms. The number of ether oxygens (including phenoxy) is 1. The van der Waals surface area contributed by atoms with Gasteiger partial charge in [-0.3, -0.25) is 0 Å². The van der Waals surface area contributed by atoms with Crippen LogP contribution in [0.2, 0.25) is 0 Å². The van der Waals surface area contributed by atoms with Gasteiger partial charge in [0.05, 0.1) is 10.5 Å². The molecular weight excluding hydrogens is 285 g/mol. The van der Waals surface area contributed by atoms with Gasteiger partial charge in [-0.1, -0.05) is 13.8 Å². The Balaban J connectivity index is 3.21. The molecule has 1 unspecified atom stereocenters. The number of carbonyl (C=O) groups is 1. The van der Waals surface area contributed by atoms with E-state index in [9.17, 15) is 17.6 Å². The summed E-state index contributed by atoms with van der Waals surface area (Å²) < 4.78 is 41.6. The van der Waals surface area contributed by atoms with Crippen LogP contribution >= 0.6 is 0 Å². The molecule has 0 spiro atoms. The first kappa shape index (κ1) is 16.6. The molecule has 0 heterocycles. The summed E-state index contributed by atoms with van der Waals surface area (Å²) in [6.07, 6.45) is -0.371. The topological polar surface area (TPSA) is 86.5 Å². The van der Waals surface area contributed by atoms with Gasteiger partial charge in [0.2, 0.25) is 10.0 Å². The maximum Gasteiger partial charge on any atom is 0.338 e. The van der Waals surface area contributed by atoms with Crippen LogP contribution in [-0.4, -0.2) is 20.5 Å². The summed E-state index contributed by atoms with van der Waals surface area (Å²) in [6.45, 7) is 6.71. The molecule has 1 atom stereocenters. The van der Waals surface area contributed by atoms with Gasteiger partial charge in [-0.25, -0.2) is 22.7 Å². The molecule has 0 radical (unpaired) electrons. The van der Waals surface area contributed by atoms with E-state index in [1.54, 1.807) is 6.92 Å². The van der Waals surface area contributed by atoms with Crippen LogP contribution in [0.1, 0.15) is 36.7 Å². The Bertz CT molecular complexity index is 626. The second-order valence-electron chi connectivity index (χ2n) is 4.98. The first-order chi connectivity index (χ1) is 9.04. The van der Waals surface area contributed by atoms with Crippen LogP contribution in [0.5, 0.6) is 0 Å². The Kier molecular flexibility index (Phi) is 4.88. The molecule has 0 aromatic heterocycles. The monoisotopic (exact) mass is 303 g/mol. The van der Waals surface area contributed by atoms with Crippen LogP contribution in [-0.2, 0) is 14.8 Å². The van der Waals surface area contributed by atoms with E-state index in [2.05, 4.69) is 0 Å². The van der Waals surface area contributed by atoms with Crippen LogP contribution in [0.4, 0.5) is 4.39 Å². The van der Waals surface area contributed by atoms with E-state index in [0.29, 0.717) is 0 Å². The van der Waals surface area contributed by atoms with Crippen molar-refractivity contribution in [2.45, 2.75) is 38.7 Å². The fourth-order valence-corrected chi connectivity index (χ4v) is 2.26. The average molecular weight is 303 g/mol. The van der Waals surface area contributed by atoms with Gasteiger partial charge in [0.1, 0.15) is 11.9 Å². The van der Waals surface area contributed by atoms with Gasteiger partial charge in [-0.15, -0.1) is 0 Å². The summed E-state index contributed by atoms with van der Waals surface area (Å²) in [7, 11) is -4.10. The zero-order valence-corrected chi connectivity index (χ0v) is 12.6. The van der Waals surface area contributed by atoms with E-state index >= 15 is 0 Å². The lowest BCUT2D eigenvalue weighted by Gasteiger charge is -2.17. The van der Waals surface area contributed by atoms with Crippen molar-refractivity contribution in [1.82, 2.24) is 0 Å². The molecule has 0 aliphatic heterocycles. The molecule has 1 aromatic rings. The van der Waals surface area contributed by atoms with E-state index < -0.39 is 26.7 Å². The van der Waals surface area contributed by atoms with E-state index in [1.165, 1.54) is 6.92 Å². The molecule has 5 nitrogen and oxygen atoms in total. The lowest BCUT2D eigenvalue weighted by molar-refractivity contribution is 0.0237. The van der Waals surface area contributed by atoms with Crippen LogP contribution < -0.4 is 5.14 Å². The van der Waals surface area contributed by atoms with Crippen molar-refractivity contribution < 1.29 is 22.3 Å². The second-order valence-corrected chi connectivity index (χ2v) is 6.51. The highest BCUT2D eigenvalue weighted by Gasteiger charge is 2.21. The molecule has 1 aromatic carbocycles. The third kappa shape index (κ3) is 3.77. The molecule has 1 rings (SSSR count). The number of esters is 1. The Morgan fingerprint density at radius 1 is 1.30 bits per heavy atom. The van der Waals surface area contributed by atoms with Crippen LogP contribution in [0.15, 0.2) is 17.0 Å². The minimum atomic E-state index is -4.10. The Labute approximate surface area is 118 Å². The molecule has 7 heteroatoms. The van der Waals surface area contributed by atoms with E-state index in [4.69, 9.17) is 9.88 Å². The number of nitrogens with two attached hydrogens (primary N) is 1. The molecule has 112 valence electrons. The van der Waals surface area contributed by atoms with E-state index in [0.717, 1.165) is 12.1 Å². The number of carbonyl (C=O) groups excluding carboxylic acids is 1. The molecule has 0 saturated carbocycles. The zero-order valence-electron chi connectivity index (χ0n) is 11.8. The van der Waals surface area contributed by atoms with Gasteiger partial charge in [0.15, 0.2) is 0 Å². The number of primary sulfonamides is 1. The number of rotatable bonds is 4. The third-order valence-electron chi connectivity index (χ3n) is 3.07.